The Kier molecular flexibility index (Phi) is 13.8. The summed E-state index contributed by atoms with van der Waals surface area (Å²) in [6, 6.07) is 12.9. The Balaban J connectivity index is 2.51. The minimum absolute atomic E-state index is 0.323. The number of rotatable bonds is 14. The number of unbranched alkanes of at least 4 members (excludes halogenated alkanes) is 3. The lowest BCUT2D eigenvalue weighted by molar-refractivity contribution is -0.141. The molecule has 0 radical (unpaired) electrons. The Morgan fingerprint density at radius 1 is 1.02 bits per heavy atom. The van der Waals surface area contributed by atoms with Crippen molar-refractivity contribution in [3.05, 3.63) is 64.7 Å². The zero-order chi connectivity index (χ0) is 29.7. The average molecular weight is 590 g/mol. The van der Waals surface area contributed by atoms with Gasteiger partial charge in [-0.1, -0.05) is 80.3 Å². The van der Waals surface area contributed by atoms with Gasteiger partial charge >= 0.3 is 6.09 Å². The van der Waals surface area contributed by atoms with Crippen LogP contribution >= 0.6 is 23.4 Å². The number of anilines is 1. The molecule has 0 aliphatic heterocycles. The van der Waals surface area contributed by atoms with Crippen molar-refractivity contribution >= 4 is 47.0 Å². The molecule has 0 spiro atoms. The molecule has 7 nitrogen and oxygen atoms in total. The molecule has 9 heteroatoms. The van der Waals surface area contributed by atoms with E-state index in [1.165, 1.54) is 0 Å². The smallest absolute Gasteiger partial charge is 0.408 e. The molecule has 0 aromatic heterocycles. The zero-order valence-electron chi connectivity index (χ0n) is 24.6. The molecule has 40 heavy (non-hydrogen) atoms. The number of benzene rings is 2. The first-order valence-corrected chi connectivity index (χ1v) is 15.7. The van der Waals surface area contributed by atoms with Crippen LogP contribution in [0.3, 0.4) is 0 Å². The first-order chi connectivity index (χ1) is 19.0. The molecule has 0 aliphatic carbocycles. The van der Waals surface area contributed by atoms with Gasteiger partial charge in [0.05, 0.1) is 10.7 Å². The van der Waals surface area contributed by atoms with Gasteiger partial charge in [-0.05, 0) is 69.7 Å². The molecule has 2 N–H and O–H groups in total. The first kappa shape index (κ1) is 33.5. The summed E-state index contributed by atoms with van der Waals surface area (Å²) >= 11 is 8.03. The molecular weight excluding hydrogens is 546 g/mol. The quantitative estimate of drug-likeness (QED) is 0.224. The normalized spacial score (nSPS) is 12.8. The van der Waals surface area contributed by atoms with Crippen LogP contribution in [0.25, 0.3) is 0 Å². The Labute approximate surface area is 248 Å². The molecular formula is C31H44ClN3O4S. The third-order valence-corrected chi connectivity index (χ3v) is 7.24. The molecule has 2 aromatic rings. The van der Waals surface area contributed by atoms with Gasteiger partial charge in [-0.15, -0.1) is 0 Å². The van der Waals surface area contributed by atoms with Gasteiger partial charge in [0, 0.05) is 6.54 Å². The Morgan fingerprint density at radius 3 is 2.33 bits per heavy atom. The van der Waals surface area contributed by atoms with E-state index in [0.29, 0.717) is 35.0 Å². The SMILES string of the molecule is CCCCCCN(C(=O)C(CCSC)NC(=O)OC(C)(C)C)C(C(=O)Nc1c(C)cccc1Cl)c1ccccc1. The molecule has 2 unspecified atom stereocenters. The number of aryl methyl sites for hydroxylation is 1. The van der Waals surface area contributed by atoms with Gasteiger partial charge in [0.1, 0.15) is 17.7 Å². The second-order valence-corrected chi connectivity index (χ2v) is 12.2. The third-order valence-electron chi connectivity index (χ3n) is 6.28. The van der Waals surface area contributed by atoms with Crippen LogP contribution in [0.4, 0.5) is 10.5 Å². The van der Waals surface area contributed by atoms with Crippen LogP contribution in [-0.2, 0) is 14.3 Å². The summed E-state index contributed by atoms with van der Waals surface area (Å²) in [6.45, 7) is 9.68. The van der Waals surface area contributed by atoms with Gasteiger partial charge < -0.3 is 20.3 Å². The number of carbonyl (C=O) groups excluding carboxylic acids is 3. The standard InChI is InChI=1S/C31H44ClN3O4S/c1-7-8-9-13-20-35(29(37)25(19-21-40-6)33-30(38)39-31(3,4)5)27(23-16-11-10-12-17-23)28(36)34-26-22(2)15-14-18-24(26)32/h10-12,14-18,25,27H,7-9,13,19-21H2,1-6H3,(H,33,38)(H,34,36). The van der Waals surface area contributed by atoms with Gasteiger partial charge in [0.2, 0.25) is 5.91 Å². The van der Waals surface area contributed by atoms with E-state index in [9.17, 15) is 14.4 Å². The molecule has 0 saturated carbocycles. The van der Waals surface area contributed by atoms with Gasteiger partial charge in [0.25, 0.3) is 5.91 Å². The lowest BCUT2D eigenvalue weighted by Crippen LogP contribution is -2.52. The highest BCUT2D eigenvalue weighted by Gasteiger charge is 2.36. The fraction of sp³-hybridized carbons (Fsp3) is 0.516. The summed E-state index contributed by atoms with van der Waals surface area (Å²) in [5.41, 5.74) is 1.29. The van der Waals surface area contributed by atoms with E-state index in [1.54, 1.807) is 43.5 Å². The summed E-state index contributed by atoms with van der Waals surface area (Å²) in [7, 11) is 0. The van der Waals surface area contributed by atoms with Crippen LogP contribution in [0.15, 0.2) is 48.5 Å². The van der Waals surface area contributed by atoms with Crippen molar-refractivity contribution in [2.24, 2.45) is 0 Å². The van der Waals surface area contributed by atoms with Crippen molar-refractivity contribution in [1.82, 2.24) is 10.2 Å². The minimum Gasteiger partial charge on any atom is -0.444 e. The minimum atomic E-state index is -0.928. The van der Waals surface area contributed by atoms with Gasteiger partial charge in [-0.2, -0.15) is 11.8 Å². The molecule has 0 aliphatic rings. The van der Waals surface area contributed by atoms with Gasteiger partial charge in [0.15, 0.2) is 0 Å². The summed E-state index contributed by atoms with van der Waals surface area (Å²) < 4.78 is 5.47. The lowest BCUT2D eigenvalue weighted by Gasteiger charge is -2.35. The average Bonchev–Trinajstić information content (AvgIpc) is 2.89. The number of nitrogens with zero attached hydrogens (tertiary/aromatic N) is 1. The maximum atomic E-state index is 14.3. The fourth-order valence-corrected chi connectivity index (χ4v) is 5.05. The van der Waals surface area contributed by atoms with Crippen molar-refractivity contribution in [1.29, 1.82) is 0 Å². The number of alkyl carbamates (subject to hydrolysis) is 1. The Bertz CT molecular complexity index is 1090. The molecule has 0 heterocycles. The predicted octanol–water partition coefficient (Wildman–Crippen LogP) is 7.38. The molecule has 3 amide bonds. The molecule has 0 saturated heterocycles. The summed E-state index contributed by atoms with van der Waals surface area (Å²) in [5, 5.41) is 6.19. The number of nitrogens with one attached hydrogen (secondary N) is 2. The summed E-state index contributed by atoms with van der Waals surface area (Å²) in [4.78, 5) is 42.6. The van der Waals surface area contributed by atoms with Gasteiger partial charge in [-0.3, -0.25) is 9.59 Å². The van der Waals surface area contributed by atoms with Crippen LogP contribution in [0, 0.1) is 6.92 Å². The van der Waals surface area contributed by atoms with E-state index in [4.69, 9.17) is 16.3 Å². The van der Waals surface area contributed by atoms with Crippen molar-refractivity contribution in [2.45, 2.75) is 84.4 Å². The number of amides is 3. The van der Waals surface area contributed by atoms with Crippen molar-refractivity contribution in [3.8, 4) is 0 Å². The number of carbonyl (C=O) groups is 3. The summed E-state index contributed by atoms with van der Waals surface area (Å²) in [6.07, 6.45) is 5.39. The molecule has 220 valence electrons. The van der Waals surface area contributed by atoms with E-state index in [1.807, 2.05) is 55.6 Å². The molecule has 2 rings (SSSR count). The first-order valence-electron chi connectivity index (χ1n) is 13.9. The zero-order valence-corrected chi connectivity index (χ0v) is 26.2. The third kappa shape index (κ3) is 10.7. The van der Waals surface area contributed by atoms with E-state index >= 15 is 0 Å². The number of ether oxygens (including phenoxy) is 1. The fourth-order valence-electron chi connectivity index (χ4n) is 4.31. The highest BCUT2D eigenvalue weighted by atomic mass is 35.5. The second kappa shape index (κ2) is 16.5. The maximum Gasteiger partial charge on any atom is 0.408 e. The van der Waals surface area contributed by atoms with E-state index in [2.05, 4.69) is 17.6 Å². The van der Waals surface area contributed by atoms with Crippen LogP contribution in [0.2, 0.25) is 5.02 Å². The van der Waals surface area contributed by atoms with Crippen LogP contribution in [0.1, 0.15) is 77.0 Å². The molecule has 2 atom stereocenters. The largest absolute Gasteiger partial charge is 0.444 e. The van der Waals surface area contributed by atoms with E-state index in [-0.39, 0.29) is 11.8 Å². The predicted molar refractivity (Wildman–Crippen MR) is 166 cm³/mol. The highest BCUT2D eigenvalue weighted by molar-refractivity contribution is 7.98. The summed E-state index contributed by atoms with van der Waals surface area (Å²) in [5.74, 6) is -0.0416. The number of para-hydroxylation sites is 1. The van der Waals surface area contributed by atoms with Crippen molar-refractivity contribution in [3.63, 3.8) is 0 Å². The van der Waals surface area contributed by atoms with E-state index < -0.39 is 23.8 Å². The second-order valence-electron chi connectivity index (χ2n) is 10.8. The number of halogens is 1. The highest BCUT2D eigenvalue weighted by Crippen LogP contribution is 2.30. The van der Waals surface area contributed by atoms with Crippen LogP contribution in [0.5, 0.6) is 0 Å². The topological polar surface area (TPSA) is 87.7 Å². The lowest BCUT2D eigenvalue weighted by atomic mass is 10.0. The molecule has 2 aromatic carbocycles. The number of thioether (sulfide) groups is 1. The number of hydrogen-bond donors (Lipinski definition) is 2. The van der Waals surface area contributed by atoms with Crippen molar-refractivity contribution < 1.29 is 19.1 Å². The Hall–Kier alpha value is -2.71. The van der Waals surface area contributed by atoms with Gasteiger partial charge in [-0.25, -0.2) is 4.79 Å². The Morgan fingerprint density at radius 2 is 1.73 bits per heavy atom. The van der Waals surface area contributed by atoms with Crippen molar-refractivity contribution in [2.75, 3.05) is 23.9 Å². The molecule has 0 bridgehead atoms. The maximum absolute atomic E-state index is 14.3. The number of hydrogen-bond acceptors (Lipinski definition) is 5. The van der Waals surface area contributed by atoms with E-state index in [0.717, 1.165) is 31.2 Å². The van der Waals surface area contributed by atoms with Crippen LogP contribution in [-0.4, -0.2) is 53.0 Å². The monoisotopic (exact) mass is 589 g/mol. The molecule has 0 fully saturated rings. The van der Waals surface area contributed by atoms with Crippen LogP contribution < -0.4 is 10.6 Å².